The number of methoxy groups -OCH3 is 1. The molecule has 1 heterocycles. The molecule has 0 aliphatic rings. The molecule has 0 amide bonds. The largest absolute Gasteiger partial charge is 0.496 e. The van der Waals surface area contributed by atoms with Crippen molar-refractivity contribution >= 4 is 0 Å². The lowest BCUT2D eigenvalue weighted by Gasteiger charge is -2.13. The maximum atomic E-state index is 10.3. The van der Waals surface area contributed by atoms with Gasteiger partial charge in [-0.1, -0.05) is 25.1 Å². The molecule has 108 valence electrons. The Labute approximate surface area is 119 Å². The van der Waals surface area contributed by atoms with Crippen molar-refractivity contribution in [2.75, 3.05) is 7.11 Å². The Kier molecular flexibility index (Phi) is 5.12. The molecular weight excluding hydrogens is 254 g/mol. The first-order valence-electron chi connectivity index (χ1n) is 6.91. The highest BCUT2D eigenvalue weighted by molar-refractivity contribution is 5.33. The van der Waals surface area contributed by atoms with Gasteiger partial charge in [0, 0.05) is 19.4 Å². The van der Waals surface area contributed by atoms with Gasteiger partial charge in [-0.3, -0.25) is 4.68 Å². The number of ether oxygens (including phenoxy) is 1. The van der Waals surface area contributed by atoms with E-state index < -0.39 is 6.10 Å². The maximum Gasteiger partial charge on any atom is 0.138 e. The second-order valence-electron chi connectivity index (χ2n) is 4.77. The summed E-state index contributed by atoms with van der Waals surface area (Å²) >= 11 is 0. The van der Waals surface area contributed by atoms with Crippen LogP contribution in [-0.2, 0) is 19.4 Å². The van der Waals surface area contributed by atoms with Crippen LogP contribution in [0, 0.1) is 0 Å². The molecule has 20 heavy (non-hydrogen) atoms. The maximum absolute atomic E-state index is 10.3. The Hall–Kier alpha value is -1.88. The summed E-state index contributed by atoms with van der Waals surface area (Å²) < 4.78 is 7.15. The molecule has 0 fully saturated rings. The number of aliphatic hydroxyl groups is 1. The van der Waals surface area contributed by atoms with Crippen LogP contribution in [0.5, 0.6) is 5.75 Å². The minimum Gasteiger partial charge on any atom is -0.496 e. The summed E-state index contributed by atoms with van der Waals surface area (Å²) in [5.41, 5.74) is 1.00. The second kappa shape index (κ2) is 7.05. The summed E-state index contributed by atoms with van der Waals surface area (Å²) in [5.74, 6) is 1.64. The van der Waals surface area contributed by atoms with Crippen molar-refractivity contribution in [3.8, 4) is 5.75 Å². The number of hydrogen-bond acceptors (Lipinski definition) is 4. The summed E-state index contributed by atoms with van der Waals surface area (Å²) in [4.78, 5) is 4.22. The van der Waals surface area contributed by atoms with Crippen LogP contribution in [0.4, 0.5) is 0 Å². The minimum atomic E-state index is -0.494. The highest BCUT2D eigenvalue weighted by atomic mass is 16.5. The van der Waals surface area contributed by atoms with Crippen molar-refractivity contribution < 1.29 is 9.84 Å². The topological polar surface area (TPSA) is 60.2 Å². The van der Waals surface area contributed by atoms with Gasteiger partial charge < -0.3 is 9.84 Å². The molecule has 5 nitrogen and oxygen atoms in total. The smallest absolute Gasteiger partial charge is 0.138 e. The highest BCUT2D eigenvalue weighted by Gasteiger charge is 2.13. The fraction of sp³-hybridized carbons (Fsp3) is 0.467. The third kappa shape index (κ3) is 3.57. The fourth-order valence-corrected chi connectivity index (χ4v) is 2.25. The molecule has 0 radical (unpaired) electrons. The summed E-state index contributed by atoms with van der Waals surface area (Å²) in [7, 11) is 1.64. The lowest BCUT2D eigenvalue weighted by Crippen LogP contribution is -2.18. The Bertz CT molecular complexity index is 539. The van der Waals surface area contributed by atoms with Crippen LogP contribution < -0.4 is 4.74 Å². The third-order valence-corrected chi connectivity index (χ3v) is 3.20. The molecule has 0 bridgehead atoms. The Morgan fingerprint density at radius 1 is 1.30 bits per heavy atom. The molecule has 0 spiro atoms. The van der Waals surface area contributed by atoms with Crippen LogP contribution in [0.25, 0.3) is 0 Å². The SMILES string of the molecule is CCCn1ncnc1CC(O)Cc1ccccc1OC. The zero-order valence-corrected chi connectivity index (χ0v) is 12.0. The van der Waals surface area contributed by atoms with E-state index in [0.29, 0.717) is 12.8 Å². The summed E-state index contributed by atoms with van der Waals surface area (Å²) in [6.45, 7) is 2.92. The normalized spacial score (nSPS) is 12.3. The summed E-state index contributed by atoms with van der Waals surface area (Å²) in [5, 5.41) is 14.4. The standard InChI is InChI=1S/C15H21N3O2/c1-3-8-18-15(16-11-17-18)10-13(19)9-12-6-4-5-7-14(12)20-2/h4-7,11,13,19H,3,8-10H2,1-2H3. The Morgan fingerprint density at radius 2 is 2.10 bits per heavy atom. The number of aromatic nitrogens is 3. The monoisotopic (exact) mass is 275 g/mol. The molecule has 2 rings (SSSR count). The molecular formula is C15H21N3O2. The zero-order valence-electron chi connectivity index (χ0n) is 12.0. The van der Waals surface area contributed by atoms with Gasteiger partial charge in [-0.25, -0.2) is 4.98 Å². The van der Waals surface area contributed by atoms with Gasteiger partial charge in [-0.2, -0.15) is 5.10 Å². The zero-order chi connectivity index (χ0) is 14.4. The van der Waals surface area contributed by atoms with E-state index in [2.05, 4.69) is 17.0 Å². The van der Waals surface area contributed by atoms with Crippen LogP contribution in [0.15, 0.2) is 30.6 Å². The summed E-state index contributed by atoms with van der Waals surface area (Å²) in [6, 6.07) is 7.75. The van der Waals surface area contributed by atoms with Crippen molar-refractivity contribution in [1.82, 2.24) is 14.8 Å². The van der Waals surface area contributed by atoms with E-state index in [1.165, 1.54) is 0 Å². The number of benzene rings is 1. The van der Waals surface area contributed by atoms with Gasteiger partial charge in [0.1, 0.15) is 17.9 Å². The lowest BCUT2D eigenvalue weighted by molar-refractivity contribution is 0.170. The Morgan fingerprint density at radius 3 is 2.85 bits per heavy atom. The van der Waals surface area contributed by atoms with E-state index in [9.17, 15) is 5.11 Å². The average molecular weight is 275 g/mol. The highest BCUT2D eigenvalue weighted by Crippen LogP contribution is 2.19. The number of rotatable bonds is 7. The predicted octanol–water partition coefficient (Wildman–Crippen LogP) is 1.84. The molecule has 1 N–H and O–H groups in total. The van der Waals surface area contributed by atoms with Crippen LogP contribution in [0.1, 0.15) is 24.7 Å². The Balaban J connectivity index is 2.01. The van der Waals surface area contributed by atoms with Gasteiger partial charge in [0.15, 0.2) is 0 Å². The van der Waals surface area contributed by atoms with Crippen molar-refractivity contribution in [1.29, 1.82) is 0 Å². The van der Waals surface area contributed by atoms with Crippen molar-refractivity contribution in [2.24, 2.45) is 0 Å². The van der Waals surface area contributed by atoms with Crippen molar-refractivity contribution in [3.05, 3.63) is 42.0 Å². The predicted molar refractivity (Wildman–Crippen MR) is 76.7 cm³/mol. The number of aryl methyl sites for hydroxylation is 1. The molecule has 0 aliphatic carbocycles. The van der Waals surface area contributed by atoms with Gasteiger partial charge in [-0.15, -0.1) is 0 Å². The molecule has 0 saturated carbocycles. The van der Waals surface area contributed by atoms with Crippen LogP contribution in [0.2, 0.25) is 0 Å². The third-order valence-electron chi connectivity index (χ3n) is 3.20. The van der Waals surface area contributed by atoms with E-state index in [1.807, 2.05) is 28.9 Å². The average Bonchev–Trinajstić information content (AvgIpc) is 2.87. The van der Waals surface area contributed by atoms with Crippen molar-refractivity contribution in [2.45, 2.75) is 38.8 Å². The summed E-state index contributed by atoms with van der Waals surface area (Å²) in [6.07, 6.45) is 3.09. The van der Waals surface area contributed by atoms with Gasteiger partial charge in [-0.05, 0) is 18.1 Å². The molecule has 0 saturated heterocycles. The first-order chi connectivity index (χ1) is 9.74. The first kappa shape index (κ1) is 14.5. The second-order valence-corrected chi connectivity index (χ2v) is 4.77. The number of para-hydroxylation sites is 1. The quantitative estimate of drug-likeness (QED) is 0.837. The van der Waals surface area contributed by atoms with Gasteiger partial charge in [0.2, 0.25) is 0 Å². The minimum absolute atomic E-state index is 0.494. The number of nitrogens with zero attached hydrogens (tertiary/aromatic N) is 3. The molecule has 2 aromatic rings. The van der Waals surface area contributed by atoms with Crippen LogP contribution in [0.3, 0.4) is 0 Å². The molecule has 1 atom stereocenters. The van der Waals surface area contributed by atoms with E-state index in [0.717, 1.165) is 30.1 Å². The van der Waals surface area contributed by atoms with Gasteiger partial charge in [0.25, 0.3) is 0 Å². The molecule has 1 unspecified atom stereocenters. The molecule has 1 aromatic carbocycles. The van der Waals surface area contributed by atoms with Crippen molar-refractivity contribution in [3.63, 3.8) is 0 Å². The van der Waals surface area contributed by atoms with E-state index >= 15 is 0 Å². The van der Waals surface area contributed by atoms with E-state index in [4.69, 9.17) is 4.74 Å². The molecule has 5 heteroatoms. The molecule has 0 aliphatic heterocycles. The fourth-order valence-electron chi connectivity index (χ4n) is 2.25. The van der Waals surface area contributed by atoms with Crippen LogP contribution in [-0.4, -0.2) is 33.1 Å². The van der Waals surface area contributed by atoms with E-state index in [-0.39, 0.29) is 0 Å². The lowest BCUT2D eigenvalue weighted by atomic mass is 10.0. The van der Waals surface area contributed by atoms with Crippen LogP contribution >= 0.6 is 0 Å². The van der Waals surface area contributed by atoms with E-state index in [1.54, 1.807) is 13.4 Å². The number of hydrogen-bond donors (Lipinski definition) is 1. The molecule has 1 aromatic heterocycles. The number of aliphatic hydroxyl groups excluding tert-OH is 1. The first-order valence-corrected chi connectivity index (χ1v) is 6.91. The van der Waals surface area contributed by atoms with Gasteiger partial charge >= 0.3 is 0 Å². The van der Waals surface area contributed by atoms with Gasteiger partial charge in [0.05, 0.1) is 13.2 Å².